The van der Waals surface area contributed by atoms with Crippen molar-refractivity contribution in [2.24, 2.45) is 17.8 Å². The van der Waals surface area contributed by atoms with Crippen molar-refractivity contribution in [2.45, 2.75) is 70.4 Å². The van der Waals surface area contributed by atoms with Crippen molar-refractivity contribution in [2.75, 3.05) is 13.3 Å². The van der Waals surface area contributed by atoms with E-state index in [0.717, 1.165) is 24.0 Å². The van der Waals surface area contributed by atoms with Crippen LogP contribution in [0.2, 0.25) is 12.1 Å². The molecule has 2 fully saturated rings. The molecule has 106 valence electrons. The smallest absolute Gasteiger partial charge is 0.0677 e. The van der Waals surface area contributed by atoms with Crippen LogP contribution in [0.25, 0.3) is 0 Å². The van der Waals surface area contributed by atoms with E-state index >= 15 is 0 Å². The van der Waals surface area contributed by atoms with Crippen LogP contribution in [0.5, 0.6) is 0 Å². The molecule has 1 aliphatic carbocycles. The molecule has 0 aromatic heterocycles. The minimum atomic E-state index is -0.465. The number of ether oxygens (including phenoxy) is 1. The van der Waals surface area contributed by atoms with Gasteiger partial charge >= 0.3 is 0 Å². The molecule has 0 spiro atoms. The topological polar surface area (TPSA) is 9.23 Å². The van der Waals surface area contributed by atoms with Crippen LogP contribution in [-0.2, 0) is 4.74 Å². The second-order valence-electron chi connectivity index (χ2n) is 6.81. The van der Waals surface area contributed by atoms with Gasteiger partial charge in [-0.3, -0.25) is 0 Å². The van der Waals surface area contributed by atoms with Gasteiger partial charge in [0.2, 0.25) is 0 Å². The Bertz CT molecular complexity index is 191. The molecule has 2 aliphatic rings. The van der Waals surface area contributed by atoms with Gasteiger partial charge in [0.1, 0.15) is 0 Å². The van der Waals surface area contributed by atoms with Crippen molar-refractivity contribution in [1.82, 2.24) is 0 Å². The van der Waals surface area contributed by atoms with Gasteiger partial charge in [-0.1, -0.05) is 57.5 Å². The highest BCUT2D eigenvalue weighted by molar-refractivity contribution is 6.58. The van der Waals surface area contributed by atoms with Gasteiger partial charge in [0, 0.05) is 13.3 Å². The van der Waals surface area contributed by atoms with Gasteiger partial charge in [-0.2, -0.15) is 0 Å². The molecule has 18 heavy (non-hydrogen) atoms. The molecule has 0 N–H and O–H groups in total. The fourth-order valence-corrected chi connectivity index (χ4v) is 7.31. The predicted molar refractivity (Wildman–Crippen MR) is 81.7 cm³/mol. The summed E-state index contributed by atoms with van der Waals surface area (Å²) in [4.78, 5) is 0. The first kappa shape index (κ1) is 14.6. The Hall–Kier alpha value is 0.177. The maximum atomic E-state index is 5.36. The van der Waals surface area contributed by atoms with Gasteiger partial charge in [-0.05, 0) is 30.6 Å². The summed E-state index contributed by atoms with van der Waals surface area (Å²) in [6.45, 7) is 2.34. The van der Waals surface area contributed by atoms with Crippen molar-refractivity contribution in [3.05, 3.63) is 0 Å². The van der Waals surface area contributed by atoms with E-state index in [1.807, 2.05) is 7.11 Å². The fourth-order valence-electron chi connectivity index (χ4n) is 4.42. The van der Waals surface area contributed by atoms with E-state index in [0.29, 0.717) is 0 Å². The Balaban J connectivity index is 1.68. The fraction of sp³-hybridized carbons (Fsp3) is 1.00. The Morgan fingerprint density at radius 3 is 2.11 bits per heavy atom. The van der Waals surface area contributed by atoms with Crippen LogP contribution in [0.1, 0.15) is 58.3 Å². The van der Waals surface area contributed by atoms with Gasteiger partial charge in [-0.15, -0.1) is 0 Å². The largest absolute Gasteiger partial charge is 0.388 e. The number of methoxy groups -OCH3 is 1. The van der Waals surface area contributed by atoms with Crippen LogP contribution in [0, 0.1) is 17.8 Å². The van der Waals surface area contributed by atoms with E-state index < -0.39 is 8.80 Å². The lowest BCUT2D eigenvalue weighted by Gasteiger charge is -2.37. The van der Waals surface area contributed by atoms with E-state index in [2.05, 4.69) is 6.92 Å². The summed E-state index contributed by atoms with van der Waals surface area (Å²) >= 11 is 0. The second-order valence-corrected chi connectivity index (χ2v) is 10.0. The van der Waals surface area contributed by atoms with E-state index in [-0.39, 0.29) is 0 Å². The summed E-state index contributed by atoms with van der Waals surface area (Å²) in [5, 5.41) is 0. The minimum Gasteiger partial charge on any atom is -0.388 e. The van der Waals surface area contributed by atoms with Crippen LogP contribution in [0.15, 0.2) is 0 Å². The SMILES string of the molecule is CCCC1CCC([C@H]2CC[Si@H](COC)CC2)CC1. The van der Waals surface area contributed by atoms with Crippen LogP contribution < -0.4 is 0 Å². The number of hydrogen-bond donors (Lipinski definition) is 0. The molecule has 0 amide bonds. The summed E-state index contributed by atoms with van der Waals surface area (Å²) in [6, 6.07) is 3.13. The highest BCUT2D eigenvalue weighted by Crippen LogP contribution is 2.41. The molecule has 1 saturated heterocycles. The van der Waals surface area contributed by atoms with Crippen molar-refractivity contribution in [3.8, 4) is 0 Å². The average Bonchev–Trinajstić information content (AvgIpc) is 2.41. The molecular formula is C16H32OSi. The third-order valence-electron chi connectivity index (χ3n) is 5.55. The summed E-state index contributed by atoms with van der Waals surface area (Å²) in [5.74, 6) is 3.26. The Morgan fingerprint density at radius 1 is 0.944 bits per heavy atom. The minimum absolute atomic E-state index is 0.465. The van der Waals surface area contributed by atoms with Crippen LogP contribution in [-0.4, -0.2) is 22.1 Å². The van der Waals surface area contributed by atoms with E-state index in [4.69, 9.17) is 4.74 Å². The number of hydrogen-bond acceptors (Lipinski definition) is 1. The molecule has 0 aromatic rings. The lowest BCUT2D eigenvalue weighted by molar-refractivity contribution is 0.183. The first-order valence-electron chi connectivity index (χ1n) is 8.32. The molecule has 2 heteroatoms. The van der Waals surface area contributed by atoms with Crippen molar-refractivity contribution in [3.63, 3.8) is 0 Å². The van der Waals surface area contributed by atoms with Crippen molar-refractivity contribution in [1.29, 1.82) is 0 Å². The van der Waals surface area contributed by atoms with E-state index in [1.165, 1.54) is 25.7 Å². The molecule has 1 aliphatic heterocycles. The molecule has 0 bridgehead atoms. The molecule has 0 atom stereocenters. The second kappa shape index (κ2) is 7.69. The summed E-state index contributed by atoms with van der Waals surface area (Å²) in [7, 11) is 1.42. The summed E-state index contributed by atoms with van der Waals surface area (Å²) in [5.41, 5.74) is 0. The van der Waals surface area contributed by atoms with Crippen molar-refractivity contribution >= 4 is 8.80 Å². The van der Waals surface area contributed by atoms with Crippen LogP contribution in [0.4, 0.5) is 0 Å². The third kappa shape index (κ3) is 4.09. The molecule has 2 rings (SSSR count). The Labute approximate surface area is 115 Å². The number of rotatable bonds is 5. The lowest BCUT2D eigenvalue weighted by Crippen LogP contribution is -2.31. The Kier molecular flexibility index (Phi) is 6.23. The van der Waals surface area contributed by atoms with Crippen molar-refractivity contribution < 1.29 is 4.74 Å². The monoisotopic (exact) mass is 268 g/mol. The average molecular weight is 269 g/mol. The van der Waals surface area contributed by atoms with E-state index in [9.17, 15) is 0 Å². The molecular weight excluding hydrogens is 236 g/mol. The zero-order valence-electron chi connectivity index (χ0n) is 12.5. The molecule has 1 saturated carbocycles. The zero-order valence-corrected chi connectivity index (χ0v) is 13.7. The summed E-state index contributed by atoms with van der Waals surface area (Å²) in [6.07, 6.45) is 13.3. The van der Waals surface area contributed by atoms with Gasteiger partial charge < -0.3 is 4.74 Å². The first-order chi connectivity index (χ1) is 8.83. The predicted octanol–water partition coefficient (Wildman–Crippen LogP) is 4.42. The maximum absolute atomic E-state index is 5.36. The van der Waals surface area contributed by atoms with E-state index in [1.54, 1.807) is 37.8 Å². The molecule has 1 heterocycles. The van der Waals surface area contributed by atoms with Gasteiger partial charge in [0.05, 0.1) is 8.80 Å². The van der Waals surface area contributed by atoms with Gasteiger partial charge in [-0.25, -0.2) is 0 Å². The molecule has 0 radical (unpaired) electrons. The van der Waals surface area contributed by atoms with Crippen LogP contribution in [0.3, 0.4) is 0 Å². The normalized spacial score (nSPS) is 37.7. The highest BCUT2D eigenvalue weighted by Gasteiger charge is 2.30. The highest BCUT2D eigenvalue weighted by atomic mass is 28.3. The third-order valence-corrected chi connectivity index (χ3v) is 8.65. The summed E-state index contributed by atoms with van der Waals surface area (Å²) < 4.78 is 5.36. The molecule has 0 aromatic carbocycles. The molecule has 0 unspecified atom stereocenters. The zero-order chi connectivity index (χ0) is 12.8. The first-order valence-corrected chi connectivity index (χ1v) is 10.8. The maximum Gasteiger partial charge on any atom is 0.0677 e. The van der Waals surface area contributed by atoms with Gasteiger partial charge in [0.15, 0.2) is 0 Å². The lowest BCUT2D eigenvalue weighted by atomic mass is 9.73. The standard InChI is InChI=1S/C16H32OSi/c1-3-4-14-5-7-15(8-6-14)16-9-11-18(12-10-16)13-17-2/h14-16,18H,3-13H2,1-2H3/t14?,15?,16-,18-. The quantitative estimate of drug-likeness (QED) is 0.671. The molecule has 1 nitrogen and oxygen atoms in total. The van der Waals surface area contributed by atoms with Crippen LogP contribution >= 0.6 is 0 Å². The van der Waals surface area contributed by atoms with Gasteiger partial charge in [0.25, 0.3) is 0 Å². The Morgan fingerprint density at radius 2 is 1.56 bits per heavy atom.